The molecule has 0 amide bonds. The molecule has 0 aliphatic heterocycles. The second-order valence-corrected chi connectivity index (χ2v) is 7.84. The van der Waals surface area contributed by atoms with Crippen LogP contribution in [-0.4, -0.2) is 25.0 Å². The lowest BCUT2D eigenvalue weighted by Crippen LogP contribution is -2.27. The summed E-state index contributed by atoms with van der Waals surface area (Å²) in [6, 6.07) is 12.3. The molecular formula is C19H22N7O2S-. The van der Waals surface area contributed by atoms with Crippen molar-refractivity contribution in [3.63, 3.8) is 0 Å². The summed E-state index contributed by atoms with van der Waals surface area (Å²) in [5.41, 5.74) is 8.73. The molecule has 29 heavy (non-hydrogen) atoms. The third-order valence-electron chi connectivity index (χ3n) is 3.57. The molecule has 0 spiro atoms. The maximum Gasteiger partial charge on any atom is 0.225 e. The fraction of sp³-hybridized carbons (Fsp3) is 0.211. The van der Waals surface area contributed by atoms with E-state index in [4.69, 9.17) is 4.55 Å². The zero-order valence-corrected chi connectivity index (χ0v) is 17.1. The molecule has 2 aromatic heterocycles. The number of pyridine rings is 1. The molecule has 10 heteroatoms. The fourth-order valence-corrected chi connectivity index (χ4v) is 2.71. The number of hydrazine groups is 1. The third-order valence-corrected chi connectivity index (χ3v) is 3.94. The number of rotatable bonds is 6. The Morgan fingerprint density at radius 1 is 1.00 bits per heavy atom. The van der Waals surface area contributed by atoms with Crippen molar-refractivity contribution in [2.24, 2.45) is 4.36 Å². The zero-order valence-electron chi connectivity index (χ0n) is 16.2. The molecule has 0 aliphatic rings. The average Bonchev–Trinajstić information content (AvgIpc) is 2.66. The predicted molar refractivity (Wildman–Crippen MR) is 115 cm³/mol. The Bertz CT molecular complexity index is 1040. The van der Waals surface area contributed by atoms with Gasteiger partial charge in [-0.05, 0) is 57.2 Å². The summed E-state index contributed by atoms with van der Waals surface area (Å²) in [7, 11) is -2.23. The van der Waals surface area contributed by atoms with Gasteiger partial charge in [-0.1, -0.05) is 10.9 Å². The van der Waals surface area contributed by atoms with Crippen LogP contribution in [0.15, 0.2) is 59.2 Å². The number of anilines is 3. The molecule has 3 rings (SSSR count). The van der Waals surface area contributed by atoms with E-state index in [1.807, 2.05) is 39.0 Å². The molecule has 9 nitrogen and oxygen atoms in total. The monoisotopic (exact) mass is 412 g/mol. The highest BCUT2D eigenvalue weighted by atomic mass is 32.2. The molecule has 0 radical (unpaired) electrons. The normalized spacial score (nSPS) is 12.4. The van der Waals surface area contributed by atoms with E-state index in [0.717, 1.165) is 16.9 Å². The molecule has 0 saturated carbocycles. The first-order valence-electron chi connectivity index (χ1n) is 8.81. The highest BCUT2D eigenvalue weighted by Gasteiger charge is 2.14. The average molecular weight is 412 g/mol. The molecule has 0 atom stereocenters. The predicted octanol–water partition coefficient (Wildman–Crippen LogP) is 4.44. The van der Waals surface area contributed by atoms with Gasteiger partial charge < -0.3 is 18.4 Å². The second-order valence-electron chi connectivity index (χ2n) is 7.19. The van der Waals surface area contributed by atoms with Gasteiger partial charge in [-0.25, -0.2) is 4.98 Å². The molecule has 1 aromatic carbocycles. The molecular weight excluding hydrogens is 390 g/mol. The molecule has 2 heterocycles. The number of aromatic nitrogens is 3. The Labute approximate surface area is 171 Å². The van der Waals surface area contributed by atoms with E-state index in [1.165, 1.54) is 0 Å². The third kappa shape index (κ3) is 6.40. The van der Waals surface area contributed by atoms with Crippen molar-refractivity contribution in [1.82, 2.24) is 15.0 Å². The Kier molecular flexibility index (Phi) is 6.25. The molecule has 0 bridgehead atoms. The first-order valence-corrected chi connectivity index (χ1v) is 9.87. The maximum atomic E-state index is 10.7. The molecule has 0 aliphatic carbocycles. The van der Waals surface area contributed by atoms with E-state index in [-0.39, 0.29) is 5.54 Å². The number of hydrogen-bond donors (Lipinski definition) is 4. The van der Waals surface area contributed by atoms with E-state index in [2.05, 4.69) is 35.5 Å². The van der Waals surface area contributed by atoms with Crippen molar-refractivity contribution in [3.05, 3.63) is 54.9 Å². The van der Waals surface area contributed by atoms with E-state index in [1.54, 1.807) is 36.7 Å². The number of nitrogens with zero attached hydrogens (tertiary/aromatic N) is 4. The van der Waals surface area contributed by atoms with Gasteiger partial charge in [-0.2, -0.15) is 4.98 Å². The zero-order chi connectivity index (χ0) is 20.9. The van der Waals surface area contributed by atoms with Gasteiger partial charge in [0.1, 0.15) is 0 Å². The van der Waals surface area contributed by atoms with Crippen molar-refractivity contribution in [2.45, 2.75) is 26.3 Å². The van der Waals surface area contributed by atoms with Gasteiger partial charge >= 0.3 is 0 Å². The van der Waals surface area contributed by atoms with Crippen LogP contribution in [0, 0.1) is 0 Å². The van der Waals surface area contributed by atoms with Crippen LogP contribution >= 0.6 is 0 Å². The maximum absolute atomic E-state index is 10.7. The van der Waals surface area contributed by atoms with Crippen LogP contribution in [0.3, 0.4) is 0 Å². The van der Waals surface area contributed by atoms with Crippen molar-refractivity contribution >= 4 is 34.0 Å². The minimum absolute atomic E-state index is 0.201. The fourth-order valence-electron chi connectivity index (χ4n) is 2.41. The van der Waals surface area contributed by atoms with Crippen LogP contribution in [0.5, 0.6) is 0 Å². The van der Waals surface area contributed by atoms with Crippen molar-refractivity contribution in [1.29, 1.82) is 0 Å². The highest BCUT2D eigenvalue weighted by Crippen LogP contribution is 2.23. The molecule has 0 fully saturated rings. The molecule has 152 valence electrons. The Balaban J connectivity index is 1.83. The summed E-state index contributed by atoms with van der Waals surface area (Å²) >= 11 is 0. The standard InChI is InChI=1S/C19H22N7O2S/c1-19(2,3)23-18-21-16(13-8-10-20-11-9-13)12-17(22-18)25-24-14-4-6-15(7-5-14)26-29(27)28/h4-12,24H,1-3H3,(H,26,27,28)(H2,21,22,23,25)/q-1. The smallest absolute Gasteiger partial charge is 0.225 e. The molecule has 0 saturated heterocycles. The Morgan fingerprint density at radius 3 is 2.31 bits per heavy atom. The van der Waals surface area contributed by atoms with Gasteiger partial charge in [-0.3, -0.25) is 15.8 Å². The summed E-state index contributed by atoms with van der Waals surface area (Å²) in [4.78, 5) is 13.2. The summed E-state index contributed by atoms with van der Waals surface area (Å²) < 4.78 is 23.1. The number of nitrogens with one attached hydrogen (secondary N) is 3. The molecule has 4 N–H and O–H groups in total. The Hall–Kier alpha value is -3.24. The lowest BCUT2D eigenvalue weighted by atomic mass is 10.1. The minimum atomic E-state index is -2.23. The lowest BCUT2D eigenvalue weighted by Gasteiger charge is -2.21. The topological polar surface area (TPSA) is 124 Å². The van der Waals surface area contributed by atoms with E-state index < -0.39 is 10.9 Å². The number of hydrogen-bond acceptors (Lipinski definition) is 9. The first-order chi connectivity index (χ1) is 13.8. The van der Waals surface area contributed by atoms with Gasteiger partial charge in [0.25, 0.3) is 0 Å². The summed E-state index contributed by atoms with van der Waals surface area (Å²) in [6.07, 6.45) is 3.43. The van der Waals surface area contributed by atoms with Crippen LogP contribution in [-0.2, 0) is 15.1 Å². The minimum Gasteiger partial charge on any atom is -0.454 e. The van der Waals surface area contributed by atoms with Gasteiger partial charge in [0.05, 0.1) is 11.4 Å². The second kappa shape index (κ2) is 8.84. The van der Waals surface area contributed by atoms with E-state index in [0.29, 0.717) is 17.5 Å². The van der Waals surface area contributed by atoms with Gasteiger partial charge in [0.15, 0.2) is 5.82 Å². The summed E-state index contributed by atoms with van der Waals surface area (Å²) in [5, 5.41) is 3.28. The largest absolute Gasteiger partial charge is 0.454 e. The van der Waals surface area contributed by atoms with Crippen molar-refractivity contribution in [3.8, 4) is 11.3 Å². The van der Waals surface area contributed by atoms with Crippen LogP contribution in [0.2, 0.25) is 0 Å². The van der Waals surface area contributed by atoms with Crippen LogP contribution < -0.4 is 16.2 Å². The van der Waals surface area contributed by atoms with Gasteiger partial charge in [-0.15, -0.1) is 0 Å². The van der Waals surface area contributed by atoms with Crippen molar-refractivity contribution in [2.75, 3.05) is 16.2 Å². The van der Waals surface area contributed by atoms with Crippen molar-refractivity contribution < 1.29 is 8.76 Å². The van der Waals surface area contributed by atoms with E-state index >= 15 is 0 Å². The van der Waals surface area contributed by atoms with Crippen LogP contribution in [0.1, 0.15) is 20.8 Å². The summed E-state index contributed by atoms with van der Waals surface area (Å²) in [5.74, 6) is 1.07. The Morgan fingerprint density at radius 2 is 1.69 bits per heavy atom. The lowest BCUT2D eigenvalue weighted by molar-refractivity contribution is 0.529. The van der Waals surface area contributed by atoms with Gasteiger partial charge in [0, 0.05) is 35.2 Å². The quantitative estimate of drug-likeness (QED) is 0.266. The first kappa shape index (κ1) is 20.5. The number of benzene rings is 1. The van der Waals surface area contributed by atoms with Gasteiger partial charge in [0.2, 0.25) is 5.95 Å². The highest BCUT2D eigenvalue weighted by molar-refractivity contribution is 7.68. The SMILES string of the molecule is CC(C)(C)Nc1nc(NNc2ccc(N=[S-](=O)O)cc2)cc(-c2ccncc2)n1. The molecule has 3 aromatic rings. The summed E-state index contributed by atoms with van der Waals surface area (Å²) in [6.45, 7) is 6.10. The van der Waals surface area contributed by atoms with Crippen LogP contribution in [0.4, 0.5) is 23.1 Å². The molecule has 0 unspecified atom stereocenters. The van der Waals surface area contributed by atoms with Crippen LogP contribution in [0.25, 0.3) is 11.3 Å². The van der Waals surface area contributed by atoms with E-state index in [9.17, 15) is 4.21 Å².